The standard InChI is InChI=1S/C13H14N2O3/c1-2-8-11(18-15-13(8)14)9-4-3-5-10-12(9)17-7-6-16-10/h3-5H,2,6-7H2,1H3,(H2,14,15). The van der Waals surface area contributed by atoms with E-state index < -0.39 is 0 Å². The highest BCUT2D eigenvalue weighted by molar-refractivity contribution is 5.74. The Labute approximate surface area is 104 Å². The number of ether oxygens (including phenoxy) is 2. The third kappa shape index (κ3) is 1.59. The summed E-state index contributed by atoms with van der Waals surface area (Å²) in [7, 11) is 0. The number of nitrogens with two attached hydrogens (primary N) is 1. The number of rotatable bonds is 2. The normalized spacial score (nSPS) is 13.6. The van der Waals surface area contributed by atoms with Gasteiger partial charge < -0.3 is 19.7 Å². The molecule has 0 bridgehead atoms. The lowest BCUT2D eigenvalue weighted by Gasteiger charge is -2.20. The van der Waals surface area contributed by atoms with E-state index in [0.717, 1.165) is 23.3 Å². The van der Waals surface area contributed by atoms with Gasteiger partial charge in [-0.1, -0.05) is 18.1 Å². The molecule has 0 fully saturated rings. The third-order valence-corrected chi connectivity index (χ3v) is 2.98. The molecule has 1 aromatic carbocycles. The fourth-order valence-electron chi connectivity index (χ4n) is 2.13. The van der Waals surface area contributed by atoms with Crippen LogP contribution in [-0.4, -0.2) is 18.4 Å². The Morgan fingerprint density at radius 3 is 2.94 bits per heavy atom. The van der Waals surface area contributed by atoms with E-state index >= 15 is 0 Å². The van der Waals surface area contributed by atoms with Crippen LogP contribution in [0.15, 0.2) is 22.7 Å². The molecule has 0 saturated heterocycles. The van der Waals surface area contributed by atoms with Gasteiger partial charge >= 0.3 is 0 Å². The minimum Gasteiger partial charge on any atom is -0.486 e. The van der Waals surface area contributed by atoms with Crippen molar-refractivity contribution in [3.05, 3.63) is 23.8 Å². The summed E-state index contributed by atoms with van der Waals surface area (Å²) in [5.74, 6) is 2.53. The van der Waals surface area contributed by atoms with Gasteiger partial charge in [-0.05, 0) is 18.6 Å². The number of fused-ring (bicyclic) bond motifs is 1. The largest absolute Gasteiger partial charge is 0.486 e. The van der Waals surface area contributed by atoms with Crippen LogP contribution in [0.1, 0.15) is 12.5 Å². The summed E-state index contributed by atoms with van der Waals surface area (Å²) < 4.78 is 16.5. The van der Waals surface area contributed by atoms with Crippen LogP contribution in [0.2, 0.25) is 0 Å². The van der Waals surface area contributed by atoms with Gasteiger partial charge in [-0.25, -0.2) is 0 Å². The second-order valence-corrected chi connectivity index (χ2v) is 4.06. The van der Waals surface area contributed by atoms with Gasteiger partial charge in [-0.15, -0.1) is 0 Å². The predicted molar refractivity (Wildman–Crippen MR) is 66.7 cm³/mol. The molecule has 1 aliphatic heterocycles. The third-order valence-electron chi connectivity index (χ3n) is 2.98. The first-order valence-electron chi connectivity index (χ1n) is 5.94. The Balaban J connectivity index is 2.17. The molecular weight excluding hydrogens is 232 g/mol. The summed E-state index contributed by atoms with van der Waals surface area (Å²) in [6.07, 6.45) is 0.759. The monoisotopic (exact) mass is 246 g/mol. The number of hydrogen-bond acceptors (Lipinski definition) is 5. The first-order chi connectivity index (χ1) is 8.81. The summed E-state index contributed by atoms with van der Waals surface area (Å²) in [6, 6.07) is 5.71. The molecule has 0 amide bonds. The molecule has 0 radical (unpaired) electrons. The minimum atomic E-state index is 0.432. The molecule has 5 heteroatoms. The van der Waals surface area contributed by atoms with Crippen LogP contribution >= 0.6 is 0 Å². The van der Waals surface area contributed by atoms with E-state index in [-0.39, 0.29) is 0 Å². The Morgan fingerprint density at radius 1 is 1.28 bits per heavy atom. The molecule has 5 nitrogen and oxygen atoms in total. The van der Waals surface area contributed by atoms with Crippen LogP contribution in [0.25, 0.3) is 11.3 Å². The number of anilines is 1. The zero-order valence-corrected chi connectivity index (χ0v) is 10.1. The van der Waals surface area contributed by atoms with Crippen LogP contribution in [0.4, 0.5) is 5.82 Å². The Hall–Kier alpha value is -2.17. The van der Waals surface area contributed by atoms with E-state index in [1.807, 2.05) is 25.1 Å². The number of nitrogen functional groups attached to an aromatic ring is 1. The van der Waals surface area contributed by atoms with Gasteiger partial charge in [0.2, 0.25) is 0 Å². The second-order valence-electron chi connectivity index (χ2n) is 4.06. The first kappa shape index (κ1) is 11.0. The molecule has 2 N–H and O–H groups in total. The molecule has 94 valence electrons. The summed E-state index contributed by atoms with van der Waals surface area (Å²) in [5, 5.41) is 3.82. The molecule has 0 aliphatic carbocycles. The second kappa shape index (κ2) is 4.25. The van der Waals surface area contributed by atoms with E-state index in [4.69, 9.17) is 19.7 Å². The molecule has 0 saturated carbocycles. The van der Waals surface area contributed by atoms with Gasteiger partial charge in [-0.3, -0.25) is 0 Å². The lowest BCUT2D eigenvalue weighted by Crippen LogP contribution is -2.15. The molecule has 18 heavy (non-hydrogen) atoms. The highest BCUT2D eigenvalue weighted by Crippen LogP contribution is 2.41. The number of para-hydroxylation sites is 1. The molecule has 2 aromatic rings. The van der Waals surface area contributed by atoms with Crippen molar-refractivity contribution in [2.75, 3.05) is 18.9 Å². The molecular formula is C13H14N2O3. The van der Waals surface area contributed by atoms with Gasteiger partial charge in [0.1, 0.15) is 13.2 Å². The van der Waals surface area contributed by atoms with Crippen molar-refractivity contribution in [2.45, 2.75) is 13.3 Å². The van der Waals surface area contributed by atoms with Gasteiger partial charge in [0.15, 0.2) is 23.1 Å². The Morgan fingerprint density at radius 2 is 2.11 bits per heavy atom. The number of aromatic nitrogens is 1. The van der Waals surface area contributed by atoms with Crippen molar-refractivity contribution in [3.8, 4) is 22.8 Å². The van der Waals surface area contributed by atoms with Gasteiger partial charge in [0.25, 0.3) is 0 Å². The van der Waals surface area contributed by atoms with E-state index in [0.29, 0.717) is 30.5 Å². The number of hydrogen-bond donors (Lipinski definition) is 1. The van der Waals surface area contributed by atoms with E-state index in [2.05, 4.69) is 5.16 Å². The summed E-state index contributed by atoms with van der Waals surface area (Å²) in [5.41, 5.74) is 7.53. The maximum atomic E-state index is 5.79. The van der Waals surface area contributed by atoms with Crippen molar-refractivity contribution in [2.24, 2.45) is 0 Å². The number of nitrogens with zero attached hydrogens (tertiary/aromatic N) is 1. The highest BCUT2D eigenvalue weighted by Gasteiger charge is 2.22. The lowest BCUT2D eigenvalue weighted by molar-refractivity contribution is 0.172. The van der Waals surface area contributed by atoms with E-state index in [1.165, 1.54) is 0 Å². The number of benzene rings is 1. The van der Waals surface area contributed by atoms with Crippen LogP contribution in [-0.2, 0) is 6.42 Å². The van der Waals surface area contributed by atoms with Gasteiger partial charge in [-0.2, -0.15) is 0 Å². The zero-order valence-electron chi connectivity index (χ0n) is 10.1. The van der Waals surface area contributed by atoms with E-state index in [1.54, 1.807) is 0 Å². The van der Waals surface area contributed by atoms with Crippen LogP contribution in [0, 0.1) is 0 Å². The van der Waals surface area contributed by atoms with Crippen LogP contribution in [0.5, 0.6) is 11.5 Å². The molecule has 1 aromatic heterocycles. The molecule has 0 atom stereocenters. The molecule has 1 aliphatic rings. The fourth-order valence-corrected chi connectivity index (χ4v) is 2.13. The fraction of sp³-hybridized carbons (Fsp3) is 0.308. The molecule has 0 spiro atoms. The maximum Gasteiger partial charge on any atom is 0.176 e. The average molecular weight is 246 g/mol. The molecule has 3 rings (SSSR count). The molecule has 2 heterocycles. The summed E-state index contributed by atoms with van der Waals surface area (Å²) >= 11 is 0. The summed E-state index contributed by atoms with van der Waals surface area (Å²) in [4.78, 5) is 0. The Kier molecular flexibility index (Phi) is 2.59. The summed E-state index contributed by atoms with van der Waals surface area (Å²) in [6.45, 7) is 3.11. The van der Waals surface area contributed by atoms with Crippen molar-refractivity contribution < 1.29 is 14.0 Å². The zero-order chi connectivity index (χ0) is 12.5. The van der Waals surface area contributed by atoms with Crippen molar-refractivity contribution >= 4 is 5.82 Å². The Bertz CT molecular complexity index is 578. The maximum absolute atomic E-state index is 5.79. The van der Waals surface area contributed by atoms with Crippen molar-refractivity contribution in [3.63, 3.8) is 0 Å². The smallest absolute Gasteiger partial charge is 0.176 e. The topological polar surface area (TPSA) is 70.5 Å². The molecule has 0 unspecified atom stereocenters. The van der Waals surface area contributed by atoms with Gasteiger partial charge in [0, 0.05) is 5.56 Å². The van der Waals surface area contributed by atoms with E-state index in [9.17, 15) is 0 Å². The minimum absolute atomic E-state index is 0.432. The van der Waals surface area contributed by atoms with Crippen LogP contribution < -0.4 is 15.2 Å². The van der Waals surface area contributed by atoms with Crippen molar-refractivity contribution in [1.82, 2.24) is 5.16 Å². The quantitative estimate of drug-likeness (QED) is 0.880. The SMILES string of the molecule is CCc1c(N)noc1-c1cccc2c1OCCO2. The van der Waals surface area contributed by atoms with Gasteiger partial charge in [0.05, 0.1) is 5.56 Å². The lowest BCUT2D eigenvalue weighted by atomic mass is 10.0. The highest BCUT2D eigenvalue weighted by atomic mass is 16.6. The first-order valence-corrected chi connectivity index (χ1v) is 5.94. The average Bonchev–Trinajstić information content (AvgIpc) is 2.79. The predicted octanol–water partition coefficient (Wildman–Crippen LogP) is 2.26. The van der Waals surface area contributed by atoms with Crippen LogP contribution in [0.3, 0.4) is 0 Å². The van der Waals surface area contributed by atoms with Crippen molar-refractivity contribution in [1.29, 1.82) is 0 Å².